The second-order valence-corrected chi connectivity index (χ2v) is 5.54. The van der Waals surface area contributed by atoms with Crippen LogP contribution in [0.3, 0.4) is 0 Å². The Morgan fingerprint density at radius 1 is 1.43 bits per heavy atom. The molecule has 2 rings (SSSR count). The largest absolute Gasteiger partial charge is 0.464 e. The van der Waals surface area contributed by atoms with Gasteiger partial charge in [-0.15, -0.1) is 5.10 Å². The number of amides is 1. The van der Waals surface area contributed by atoms with Gasteiger partial charge in [0.2, 0.25) is 5.91 Å². The van der Waals surface area contributed by atoms with Crippen LogP contribution in [0.4, 0.5) is 0 Å². The predicted molar refractivity (Wildman–Crippen MR) is 75.9 cm³/mol. The van der Waals surface area contributed by atoms with Crippen LogP contribution in [-0.4, -0.2) is 51.5 Å². The third kappa shape index (κ3) is 3.22. The zero-order valence-corrected chi connectivity index (χ0v) is 13.0. The average molecular weight is 294 g/mol. The highest BCUT2D eigenvalue weighted by Gasteiger charge is 2.32. The van der Waals surface area contributed by atoms with Crippen molar-refractivity contribution in [1.29, 1.82) is 0 Å². The maximum Gasteiger partial charge on any atom is 0.360 e. The molecular weight excluding hydrogens is 272 g/mol. The molecule has 0 atom stereocenters. The molecule has 116 valence electrons. The number of hydrogen-bond acceptors (Lipinski definition) is 5. The molecule has 0 spiro atoms. The van der Waals surface area contributed by atoms with Gasteiger partial charge in [0.15, 0.2) is 5.69 Å². The van der Waals surface area contributed by atoms with E-state index in [4.69, 9.17) is 4.74 Å². The van der Waals surface area contributed by atoms with Crippen molar-refractivity contribution >= 4 is 11.9 Å². The molecule has 0 bridgehead atoms. The van der Waals surface area contributed by atoms with E-state index in [9.17, 15) is 9.59 Å². The van der Waals surface area contributed by atoms with Crippen LogP contribution in [0.2, 0.25) is 0 Å². The molecule has 1 saturated carbocycles. The first-order valence-corrected chi connectivity index (χ1v) is 7.30. The quantitative estimate of drug-likeness (QED) is 0.737. The van der Waals surface area contributed by atoms with Crippen molar-refractivity contribution < 1.29 is 14.3 Å². The van der Waals surface area contributed by atoms with Gasteiger partial charge in [-0.05, 0) is 25.7 Å². The van der Waals surface area contributed by atoms with Crippen molar-refractivity contribution in [3.63, 3.8) is 0 Å². The number of likely N-dealkylation sites (N-methyl/N-ethyl adjacent to an activating group) is 1. The summed E-state index contributed by atoms with van der Waals surface area (Å²) in [7, 11) is 1.31. The predicted octanol–water partition coefficient (Wildman–Crippen LogP) is 1.20. The summed E-state index contributed by atoms with van der Waals surface area (Å²) in [5.41, 5.74) is 0.830. The number of rotatable bonds is 6. The summed E-state index contributed by atoms with van der Waals surface area (Å²) in [6.07, 6.45) is 2.14. The Morgan fingerprint density at radius 3 is 2.57 bits per heavy atom. The van der Waals surface area contributed by atoms with Gasteiger partial charge in [0.25, 0.3) is 0 Å². The summed E-state index contributed by atoms with van der Waals surface area (Å²) in [4.78, 5) is 25.9. The van der Waals surface area contributed by atoms with Gasteiger partial charge in [0.05, 0.1) is 12.8 Å². The van der Waals surface area contributed by atoms with E-state index in [0.717, 1.165) is 12.8 Å². The molecule has 1 amide bonds. The topological polar surface area (TPSA) is 77.3 Å². The number of nitrogens with zero attached hydrogens (tertiary/aromatic N) is 4. The number of carbonyl (C=O) groups is 2. The van der Waals surface area contributed by atoms with E-state index in [0.29, 0.717) is 18.3 Å². The maximum absolute atomic E-state index is 12.4. The minimum Gasteiger partial charge on any atom is -0.464 e. The van der Waals surface area contributed by atoms with E-state index in [1.165, 1.54) is 11.8 Å². The average Bonchev–Trinajstić information content (AvgIpc) is 3.18. The van der Waals surface area contributed by atoms with Crippen LogP contribution in [0, 0.1) is 0 Å². The minimum absolute atomic E-state index is 0.0169. The highest BCUT2D eigenvalue weighted by molar-refractivity contribution is 5.88. The van der Waals surface area contributed by atoms with Gasteiger partial charge in [-0.2, -0.15) is 0 Å². The molecule has 7 heteroatoms. The number of esters is 1. The number of carbonyl (C=O) groups excluding carboxylic acids is 2. The molecule has 1 aromatic rings. The van der Waals surface area contributed by atoms with Crippen LogP contribution in [-0.2, 0) is 16.1 Å². The van der Waals surface area contributed by atoms with Crippen molar-refractivity contribution in [3.05, 3.63) is 11.4 Å². The number of aromatic nitrogens is 3. The van der Waals surface area contributed by atoms with Gasteiger partial charge in [0, 0.05) is 12.6 Å². The van der Waals surface area contributed by atoms with E-state index in [1.54, 1.807) is 0 Å². The second kappa shape index (κ2) is 6.24. The fourth-order valence-corrected chi connectivity index (χ4v) is 2.49. The Labute approximate surface area is 124 Å². The van der Waals surface area contributed by atoms with Crippen LogP contribution in [0.25, 0.3) is 0 Å². The fourth-order valence-electron chi connectivity index (χ4n) is 2.49. The molecule has 0 unspecified atom stereocenters. The molecule has 0 N–H and O–H groups in total. The van der Waals surface area contributed by atoms with Crippen LogP contribution in [0.1, 0.15) is 55.7 Å². The van der Waals surface area contributed by atoms with Crippen LogP contribution >= 0.6 is 0 Å². The van der Waals surface area contributed by atoms with Crippen molar-refractivity contribution in [2.45, 2.75) is 52.1 Å². The molecule has 7 nitrogen and oxygen atoms in total. The molecule has 21 heavy (non-hydrogen) atoms. The number of ether oxygens (including phenoxy) is 1. The lowest BCUT2D eigenvalue weighted by Crippen LogP contribution is -2.36. The SMILES string of the molecule is CCN(C(=O)Cn1nnc(C(=O)OC)c1C(C)C)C1CC1. The van der Waals surface area contributed by atoms with E-state index in [1.807, 2.05) is 25.7 Å². The zero-order chi connectivity index (χ0) is 15.6. The Balaban J connectivity index is 2.21. The van der Waals surface area contributed by atoms with E-state index >= 15 is 0 Å². The van der Waals surface area contributed by atoms with Gasteiger partial charge in [0.1, 0.15) is 6.54 Å². The lowest BCUT2D eigenvalue weighted by molar-refractivity contribution is -0.132. The van der Waals surface area contributed by atoms with Crippen LogP contribution < -0.4 is 0 Å². The monoisotopic (exact) mass is 294 g/mol. The molecule has 1 heterocycles. The molecule has 1 aliphatic rings. The molecule has 0 radical (unpaired) electrons. The molecule has 1 aliphatic carbocycles. The van der Waals surface area contributed by atoms with E-state index < -0.39 is 5.97 Å². The zero-order valence-electron chi connectivity index (χ0n) is 13.0. The minimum atomic E-state index is -0.521. The van der Waals surface area contributed by atoms with Crippen molar-refractivity contribution in [3.8, 4) is 0 Å². The lowest BCUT2D eigenvalue weighted by Gasteiger charge is -2.21. The number of hydrogen-bond donors (Lipinski definition) is 0. The summed E-state index contributed by atoms with van der Waals surface area (Å²) in [6, 6.07) is 0.369. The second-order valence-electron chi connectivity index (χ2n) is 5.54. The molecular formula is C14H22N4O3. The standard InChI is InChI=1S/C14H22N4O3/c1-5-17(10-6-7-10)11(19)8-18-13(9(2)3)12(15-16-18)14(20)21-4/h9-10H,5-8H2,1-4H3. The van der Waals surface area contributed by atoms with Gasteiger partial charge >= 0.3 is 5.97 Å². The number of methoxy groups -OCH3 is 1. The normalized spacial score (nSPS) is 14.3. The smallest absolute Gasteiger partial charge is 0.360 e. The van der Waals surface area contributed by atoms with Crippen molar-refractivity contribution in [1.82, 2.24) is 19.9 Å². The van der Waals surface area contributed by atoms with E-state index in [-0.39, 0.29) is 24.1 Å². The summed E-state index contributed by atoms with van der Waals surface area (Å²) in [6.45, 7) is 6.65. The molecule has 1 aromatic heterocycles. The van der Waals surface area contributed by atoms with E-state index in [2.05, 4.69) is 10.3 Å². The summed E-state index contributed by atoms with van der Waals surface area (Å²) < 4.78 is 6.23. The summed E-state index contributed by atoms with van der Waals surface area (Å²) in [5, 5.41) is 7.84. The maximum atomic E-state index is 12.4. The highest BCUT2D eigenvalue weighted by Crippen LogP contribution is 2.27. The molecule has 1 fully saturated rings. The first kappa shape index (κ1) is 15.5. The van der Waals surface area contributed by atoms with Crippen molar-refractivity contribution in [2.75, 3.05) is 13.7 Å². The van der Waals surface area contributed by atoms with Gasteiger partial charge in [-0.1, -0.05) is 19.1 Å². The summed E-state index contributed by atoms with van der Waals surface area (Å²) in [5.74, 6) is -0.479. The first-order valence-electron chi connectivity index (χ1n) is 7.30. The first-order chi connectivity index (χ1) is 9.99. The Bertz CT molecular complexity index is 534. The third-order valence-electron chi connectivity index (χ3n) is 3.63. The van der Waals surface area contributed by atoms with Gasteiger partial charge in [-0.3, -0.25) is 4.79 Å². The van der Waals surface area contributed by atoms with Crippen LogP contribution in [0.15, 0.2) is 0 Å². The Hall–Kier alpha value is -1.92. The highest BCUT2D eigenvalue weighted by atomic mass is 16.5. The lowest BCUT2D eigenvalue weighted by atomic mass is 10.1. The Morgan fingerprint density at radius 2 is 2.10 bits per heavy atom. The van der Waals surface area contributed by atoms with Crippen LogP contribution in [0.5, 0.6) is 0 Å². The summed E-state index contributed by atoms with van der Waals surface area (Å²) >= 11 is 0. The van der Waals surface area contributed by atoms with Gasteiger partial charge < -0.3 is 9.64 Å². The van der Waals surface area contributed by atoms with Gasteiger partial charge in [-0.25, -0.2) is 9.48 Å². The van der Waals surface area contributed by atoms with Crippen molar-refractivity contribution in [2.24, 2.45) is 0 Å². The Kier molecular flexibility index (Phi) is 4.59. The molecule has 0 aromatic carbocycles. The molecule has 0 saturated heterocycles. The fraction of sp³-hybridized carbons (Fsp3) is 0.714. The molecule has 0 aliphatic heterocycles. The third-order valence-corrected chi connectivity index (χ3v) is 3.63.